The Hall–Kier alpha value is -1.10. The van der Waals surface area contributed by atoms with Gasteiger partial charge in [0.25, 0.3) is 0 Å². The Morgan fingerprint density at radius 1 is 1.62 bits per heavy atom. The number of halogens is 2. The number of nitrogens with zero attached hydrogens (tertiary/aromatic N) is 1. The summed E-state index contributed by atoms with van der Waals surface area (Å²) in [5, 5.41) is 6.32. The third kappa shape index (κ3) is 2.72. The zero-order valence-electron chi connectivity index (χ0n) is 8.93. The average Bonchev–Trinajstić information content (AvgIpc) is 2.66. The maximum absolute atomic E-state index is 13.2. The SMILES string of the molecule is CC1CN=C(NCc2ccc(Br)c(F)c2)N1. The minimum Gasteiger partial charge on any atom is -0.352 e. The smallest absolute Gasteiger partial charge is 0.191 e. The molecule has 1 heterocycles. The van der Waals surface area contributed by atoms with Crippen LogP contribution < -0.4 is 10.6 Å². The summed E-state index contributed by atoms with van der Waals surface area (Å²) in [6, 6.07) is 5.47. The Morgan fingerprint density at radius 3 is 3.06 bits per heavy atom. The van der Waals surface area contributed by atoms with Gasteiger partial charge in [0.15, 0.2) is 5.96 Å². The molecule has 1 aliphatic heterocycles. The van der Waals surface area contributed by atoms with Crippen LogP contribution in [0.5, 0.6) is 0 Å². The molecule has 0 aromatic heterocycles. The molecule has 1 atom stereocenters. The fourth-order valence-corrected chi connectivity index (χ4v) is 1.74. The van der Waals surface area contributed by atoms with Gasteiger partial charge in [-0.3, -0.25) is 4.99 Å². The Labute approximate surface area is 102 Å². The number of aliphatic imine (C=N–C) groups is 1. The van der Waals surface area contributed by atoms with Crippen LogP contribution in [0.4, 0.5) is 4.39 Å². The van der Waals surface area contributed by atoms with Crippen molar-refractivity contribution < 1.29 is 4.39 Å². The van der Waals surface area contributed by atoms with E-state index < -0.39 is 0 Å². The van der Waals surface area contributed by atoms with E-state index in [4.69, 9.17) is 0 Å². The zero-order valence-corrected chi connectivity index (χ0v) is 10.5. The number of nitrogens with one attached hydrogen (secondary N) is 2. The van der Waals surface area contributed by atoms with E-state index in [9.17, 15) is 4.39 Å². The van der Waals surface area contributed by atoms with Crippen molar-refractivity contribution >= 4 is 21.9 Å². The lowest BCUT2D eigenvalue weighted by atomic mass is 10.2. The largest absolute Gasteiger partial charge is 0.352 e. The second kappa shape index (κ2) is 4.82. The highest BCUT2D eigenvalue weighted by Gasteiger charge is 2.11. The summed E-state index contributed by atoms with van der Waals surface area (Å²) < 4.78 is 13.7. The fourth-order valence-electron chi connectivity index (χ4n) is 1.50. The predicted octanol–water partition coefficient (Wildman–Crippen LogP) is 2.03. The number of hydrogen-bond acceptors (Lipinski definition) is 3. The van der Waals surface area contributed by atoms with Crippen molar-refractivity contribution in [1.29, 1.82) is 0 Å². The van der Waals surface area contributed by atoms with E-state index in [1.54, 1.807) is 6.07 Å². The molecule has 3 nitrogen and oxygen atoms in total. The number of rotatable bonds is 2. The van der Waals surface area contributed by atoms with Crippen LogP contribution >= 0.6 is 15.9 Å². The van der Waals surface area contributed by atoms with Gasteiger partial charge in [-0.15, -0.1) is 0 Å². The summed E-state index contributed by atoms with van der Waals surface area (Å²) in [7, 11) is 0. The van der Waals surface area contributed by atoms with Gasteiger partial charge in [0.1, 0.15) is 5.82 Å². The van der Waals surface area contributed by atoms with Crippen LogP contribution in [-0.4, -0.2) is 18.5 Å². The van der Waals surface area contributed by atoms with Gasteiger partial charge >= 0.3 is 0 Å². The van der Waals surface area contributed by atoms with Gasteiger partial charge in [-0.25, -0.2) is 4.39 Å². The van der Waals surface area contributed by atoms with E-state index >= 15 is 0 Å². The molecular formula is C11H13BrFN3. The molecule has 0 saturated heterocycles. The maximum atomic E-state index is 13.2. The van der Waals surface area contributed by atoms with Gasteiger partial charge in [-0.05, 0) is 40.5 Å². The summed E-state index contributed by atoms with van der Waals surface area (Å²) in [6.45, 7) is 3.43. The van der Waals surface area contributed by atoms with Crippen molar-refractivity contribution in [3.05, 3.63) is 34.1 Å². The second-order valence-corrected chi connectivity index (χ2v) is 4.69. The molecule has 0 fully saturated rings. The Balaban J connectivity index is 1.92. The van der Waals surface area contributed by atoms with Gasteiger partial charge < -0.3 is 10.6 Å². The molecular weight excluding hydrogens is 273 g/mol. The molecule has 0 amide bonds. The van der Waals surface area contributed by atoms with E-state index in [0.29, 0.717) is 17.1 Å². The molecule has 0 spiro atoms. The van der Waals surface area contributed by atoms with Crippen LogP contribution in [0.1, 0.15) is 12.5 Å². The summed E-state index contributed by atoms with van der Waals surface area (Å²) in [5.41, 5.74) is 0.893. The highest BCUT2D eigenvalue weighted by atomic mass is 79.9. The van der Waals surface area contributed by atoms with Gasteiger partial charge in [-0.1, -0.05) is 6.07 Å². The molecule has 5 heteroatoms. The first-order valence-corrected chi connectivity index (χ1v) is 5.93. The molecule has 16 heavy (non-hydrogen) atoms. The lowest BCUT2D eigenvalue weighted by Crippen LogP contribution is -2.37. The van der Waals surface area contributed by atoms with Gasteiger partial charge in [-0.2, -0.15) is 0 Å². The van der Waals surface area contributed by atoms with E-state index in [1.165, 1.54) is 6.07 Å². The molecule has 0 aliphatic carbocycles. The van der Waals surface area contributed by atoms with E-state index in [1.807, 2.05) is 6.07 Å². The van der Waals surface area contributed by atoms with Crippen molar-refractivity contribution in [3.8, 4) is 0 Å². The van der Waals surface area contributed by atoms with Crippen LogP contribution in [0, 0.1) is 5.82 Å². The molecule has 0 bridgehead atoms. The van der Waals surface area contributed by atoms with E-state index in [2.05, 4.69) is 38.5 Å². The fraction of sp³-hybridized carbons (Fsp3) is 0.364. The number of guanidine groups is 1. The summed E-state index contributed by atoms with van der Waals surface area (Å²) in [5.74, 6) is 0.546. The van der Waals surface area contributed by atoms with Gasteiger partial charge in [0.2, 0.25) is 0 Å². The second-order valence-electron chi connectivity index (χ2n) is 3.84. The normalized spacial score (nSPS) is 19.2. The topological polar surface area (TPSA) is 36.4 Å². The molecule has 86 valence electrons. The lowest BCUT2D eigenvalue weighted by molar-refractivity contribution is 0.617. The van der Waals surface area contributed by atoms with Crippen molar-refractivity contribution in [2.75, 3.05) is 6.54 Å². The summed E-state index contributed by atoms with van der Waals surface area (Å²) >= 11 is 3.12. The van der Waals surface area contributed by atoms with E-state index in [0.717, 1.165) is 18.1 Å². The van der Waals surface area contributed by atoms with Crippen molar-refractivity contribution in [3.63, 3.8) is 0 Å². The minimum atomic E-state index is -0.242. The highest BCUT2D eigenvalue weighted by Crippen LogP contribution is 2.16. The van der Waals surface area contributed by atoms with Gasteiger partial charge in [0, 0.05) is 12.6 Å². The standard InChI is InChI=1S/C11H13BrFN3/c1-7-5-14-11(16-7)15-6-8-2-3-9(12)10(13)4-8/h2-4,7H,5-6H2,1H3,(H2,14,15,16). The van der Waals surface area contributed by atoms with Crippen LogP contribution in [0.3, 0.4) is 0 Å². The van der Waals surface area contributed by atoms with Gasteiger partial charge in [0.05, 0.1) is 11.0 Å². The van der Waals surface area contributed by atoms with E-state index in [-0.39, 0.29) is 5.82 Å². The Bertz CT molecular complexity index is 420. The molecule has 1 unspecified atom stereocenters. The quantitative estimate of drug-likeness (QED) is 0.872. The van der Waals surface area contributed by atoms with Crippen LogP contribution in [0.25, 0.3) is 0 Å². The average molecular weight is 286 g/mol. The third-order valence-electron chi connectivity index (χ3n) is 2.35. The first-order chi connectivity index (χ1) is 7.65. The summed E-state index contributed by atoms with van der Waals surface area (Å²) in [4.78, 5) is 4.26. The highest BCUT2D eigenvalue weighted by molar-refractivity contribution is 9.10. The molecule has 1 aromatic carbocycles. The van der Waals surface area contributed by atoms with Crippen LogP contribution in [0.2, 0.25) is 0 Å². The molecule has 0 saturated carbocycles. The Kier molecular flexibility index (Phi) is 3.43. The van der Waals surface area contributed by atoms with Crippen molar-refractivity contribution in [2.45, 2.75) is 19.5 Å². The molecule has 2 N–H and O–H groups in total. The maximum Gasteiger partial charge on any atom is 0.191 e. The molecule has 1 aliphatic rings. The zero-order chi connectivity index (χ0) is 11.5. The monoisotopic (exact) mass is 285 g/mol. The number of hydrogen-bond donors (Lipinski definition) is 2. The van der Waals surface area contributed by atoms with Crippen LogP contribution in [-0.2, 0) is 6.54 Å². The molecule has 2 rings (SSSR count). The Morgan fingerprint density at radius 2 is 2.44 bits per heavy atom. The predicted molar refractivity (Wildman–Crippen MR) is 65.8 cm³/mol. The minimum absolute atomic E-state index is 0.242. The third-order valence-corrected chi connectivity index (χ3v) is 2.99. The van der Waals surface area contributed by atoms with Crippen LogP contribution in [0.15, 0.2) is 27.7 Å². The summed E-state index contributed by atoms with van der Waals surface area (Å²) in [6.07, 6.45) is 0. The lowest BCUT2D eigenvalue weighted by Gasteiger charge is -2.09. The first kappa shape index (κ1) is 11.4. The molecule has 1 aromatic rings. The van der Waals surface area contributed by atoms with Crippen molar-refractivity contribution in [2.24, 2.45) is 4.99 Å². The number of benzene rings is 1. The first-order valence-electron chi connectivity index (χ1n) is 5.14. The van der Waals surface area contributed by atoms with Crippen molar-refractivity contribution in [1.82, 2.24) is 10.6 Å². The molecule has 0 radical (unpaired) electrons.